The van der Waals surface area contributed by atoms with Gasteiger partial charge in [0.15, 0.2) is 0 Å². The van der Waals surface area contributed by atoms with E-state index >= 15 is 0 Å². The number of hydrogen-bond donors (Lipinski definition) is 2. The maximum absolute atomic E-state index is 12.2. The van der Waals surface area contributed by atoms with Crippen molar-refractivity contribution in [2.45, 2.75) is 6.54 Å². The third-order valence-corrected chi connectivity index (χ3v) is 3.53. The quantitative estimate of drug-likeness (QED) is 0.770. The Bertz CT molecular complexity index is 887. The van der Waals surface area contributed by atoms with E-state index in [0.29, 0.717) is 21.7 Å². The van der Waals surface area contributed by atoms with E-state index in [0.717, 1.165) is 0 Å². The third kappa shape index (κ3) is 3.17. The number of carbonyl (C=O) groups is 2. The minimum atomic E-state index is -1.18. The van der Waals surface area contributed by atoms with Crippen LogP contribution < -0.4 is 5.32 Å². The van der Waals surface area contributed by atoms with Gasteiger partial charge in [0.2, 0.25) is 11.7 Å². The number of amides is 1. The number of nitrogens with one attached hydrogen (secondary N) is 1. The van der Waals surface area contributed by atoms with Crippen LogP contribution in [0.3, 0.4) is 0 Å². The molecule has 2 aromatic carbocycles. The van der Waals surface area contributed by atoms with Crippen molar-refractivity contribution in [3.05, 3.63) is 59.4 Å². The summed E-state index contributed by atoms with van der Waals surface area (Å²) in [5.41, 5.74) is 1.71. The molecular formula is C16H12ClN3O3. The van der Waals surface area contributed by atoms with Gasteiger partial charge in [0.05, 0.1) is 11.0 Å². The molecule has 0 aliphatic heterocycles. The van der Waals surface area contributed by atoms with Gasteiger partial charge in [-0.15, -0.1) is 0 Å². The summed E-state index contributed by atoms with van der Waals surface area (Å²) in [5.74, 6) is -1.70. The fraction of sp³-hybridized carbons (Fsp3) is 0.0625. The van der Waals surface area contributed by atoms with Crippen LogP contribution in [0.1, 0.15) is 10.6 Å². The molecule has 3 aromatic rings. The highest BCUT2D eigenvalue weighted by Gasteiger charge is 2.18. The summed E-state index contributed by atoms with van der Waals surface area (Å²) in [6.45, 7) is -0.148. The molecule has 0 atom stereocenters. The van der Waals surface area contributed by atoms with Gasteiger partial charge in [-0.1, -0.05) is 23.7 Å². The molecule has 0 saturated heterocycles. The zero-order chi connectivity index (χ0) is 16.4. The number of benzene rings is 2. The Morgan fingerprint density at radius 2 is 1.83 bits per heavy atom. The molecule has 0 radical (unpaired) electrons. The van der Waals surface area contributed by atoms with Crippen LogP contribution in [0.25, 0.3) is 11.0 Å². The average Bonchev–Trinajstić information content (AvgIpc) is 2.89. The Kier molecular flexibility index (Phi) is 3.99. The maximum atomic E-state index is 12.2. The summed E-state index contributed by atoms with van der Waals surface area (Å²) in [4.78, 5) is 27.6. The van der Waals surface area contributed by atoms with Crippen molar-refractivity contribution in [2.75, 3.05) is 5.32 Å². The van der Waals surface area contributed by atoms with Crippen LogP contribution in [0, 0.1) is 0 Å². The Hall–Kier alpha value is -2.86. The smallest absolute Gasteiger partial charge is 0.372 e. The average molecular weight is 330 g/mol. The molecule has 0 unspecified atom stereocenters. The molecule has 0 spiro atoms. The third-order valence-electron chi connectivity index (χ3n) is 3.28. The number of aromatic nitrogens is 2. The van der Waals surface area contributed by atoms with E-state index in [1.807, 2.05) is 0 Å². The van der Waals surface area contributed by atoms with Crippen molar-refractivity contribution in [1.29, 1.82) is 0 Å². The topological polar surface area (TPSA) is 84.2 Å². The Morgan fingerprint density at radius 1 is 1.13 bits per heavy atom. The largest absolute Gasteiger partial charge is 0.475 e. The molecule has 0 aliphatic carbocycles. The second-order valence-corrected chi connectivity index (χ2v) is 5.31. The number of fused-ring (bicyclic) bond motifs is 1. The van der Waals surface area contributed by atoms with Crippen molar-refractivity contribution >= 4 is 40.2 Å². The van der Waals surface area contributed by atoms with Crippen LogP contribution in [0.4, 0.5) is 5.69 Å². The maximum Gasteiger partial charge on any atom is 0.372 e. The summed E-state index contributed by atoms with van der Waals surface area (Å²) in [7, 11) is 0. The van der Waals surface area contributed by atoms with Crippen LogP contribution in [-0.4, -0.2) is 26.5 Å². The Labute approximate surface area is 136 Å². The van der Waals surface area contributed by atoms with Crippen molar-refractivity contribution in [2.24, 2.45) is 0 Å². The lowest BCUT2D eigenvalue weighted by Gasteiger charge is -2.08. The number of carbonyl (C=O) groups excluding carboxylic acids is 1. The van der Waals surface area contributed by atoms with Crippen LogP contribution >= 0.6 is 11.6 Å². The zero-order valence-corrected chi connectivity index (χ0v) is 12.6. The molecule has 6 nitrogen and oxygen atoms in total. The fourth-order valence-corrected chi connectivity index (χ4v) is 2.40. The first kappa shape index (κ1) is 15.1. The van der Waals surface area contributed by atoms with Gasteiger partial charge in [-0.3, -0.25) is 4.79 Å². The highest BCUT2D eigenvalue weighted by Crippen LogP contribution is 2.17. The van der Waals surface area contributed by atoms with E-state index in [2.05, 4.69) is 10.3 Å². The summed E-state index contributed by atoms with van der Waals surface area (Å²) in [5, 5.41) is 12.5. The van der Waals surface area contributed by atoms with Crippen molar-refractivity contribution in [1.82, 2.24) is 9.55 Å². The molecule has 0 fully saturated rings. The van der Waals surface area contributed by atoms with Gasteiger partial charge < -0.3 is 15.0 Å². The molecule has 1 aromatic heterocycles. The number of carboxylic acids is 1. The minimum Gasteiger partial charge on any atom is -0.475 e. The van der Waals surface area contributed by atoms with Crippen LogP contribution in [0.15, 0.2) is 48.5 Å². The lowest BCUT2D eigenvalue weighted by molar-refractivity contribution is -0.116. The number of rotatable bonds is 4. The van der Waals surface area contributed by atoms with E-state index in [4.69, 9.17) is 11.6 Å². The van der Waals surface area contributed by atoms with E-state index < -0.39 is 5.97 Å². The fourth-order valence-electron chi connectivity index (χ4n) is 2.28. The molecule has 1 heterocycles. The van der Waals surface area contributed by atoms with E-state index in [-0.39, 0.29) is 18.3 Å². The van der Waals surface area contributed by atoms with Crippen LogP contribution in [0.5, 0.6) is 0 Å². The zero-order valence-electron chi connectivity index (χ0n) is 11.9. The van der Waals surface area contributed by atoms with Crippen molar-refractivity contribution in [3.8, 4) is 0 Å². The summed E-state index contributed by atoms with van der Waals surface area (Å²) < 4.78 is 1.38. The molecule has 23 heavy (non-hydrogen) atoms. The number of para-hydroxylation sites is 2. The van der Waals surface area contributed by atoms with Gasteiger partial charge in [0.25, 0.3) is 0 Å². The predicted octanol–water partition coefficient (Wildman–Crippen LogP) is 3.03. The number of hydrogen-bond acceptors (Lipinski definition) is 3. The van der Waals surface area contributed by atoms with Crippen molar-refractivity contribution in [3.63, 3.8) is 0 Å². The molecule has 2 N–H and O–H groups in total. The highest BCUT2D eigenvalue weighted by molar-refractivity contribution is 6.30. The number of aromatic carboxylic acids is 1. The molecule has 0 aliphatic rings. The molecule has 0 saturated carbocycles. The van der Waals surface area contributed by atoms with Gasteiger partial charge in [-0.05, 0) is 36.4 Å². The number of imidazole rings is 1. The van der Waals surface area contributed by atoms with Gasteiger partial charge in [0.1, 0.15) is 6.54 Å². The van der Waals surface area contributed by atoms with E-state index in [9.17, 15) is 14.7 Å². The lowest BCUT2D eigenvalue weighted by Crippen LogP contribution is -2.21. The molecule has 7 heteroatoms. The van der Waals surface area contributed by atoms with Gasteiger partial charge in [-0.25, -0.2) is 9.78 Å². The van der Waals surface area contributed by atoms with E-state index in [1.165, 1.54) is 4.57 Å². The summed E-state index contributed by atoms with van der Waals surface area (Å²) in [6, 6.07) is 13.6. The summed E-state index contributed by atoms with van der Waals surface area (Å²) >= 11 is 5.79. The molecule has 3 rings (SSSR count). The number of halogens is 1. The molecule has 1 amide bonds. The standard InChI is InChI=1S/C16H12ClN3O3/c17-10-5-7-11(8-6-10)18-14(21)9-20-13-4-2-1-3-12(13)19-15(20)16(22)23/h1-8H,9H2,(H,18,21)(H,22,23). The molecular weight excluding hydrogens is 318 g/mol. The first-order valence-corrected chi connectivity index (χ1v) is 7.16. The van der Waals surface area contributed by atoms with Gasteiger partial charge in [-0.2, -0.15) is 0 Å². The van der Waals surface area contributed by atoms with Crippen LogP contribution in [0.2, 0.25) is 5.02 Å². The Morgan fingerprint density at radius 3 is 2.52 bits per heavy atom. The number of carboxylic acid groups (broad SMARTS) is 1. The Balaban J connectivity index is 1.88. The normalized spacial score (nSPS) is 10.7. The monoisotopic (exact) mass is 329 g/mol. The minimum absolute atomic E-state index is 0.148. The SMILES string of the molecule is O=C(Cn1c(C(=O)O)nc2ccccc21)Nc1ccc(Cl)cc1. The first-order valence-electron chi connectivity index (χ1n) is 6.78. The molecule has 0 bridgehead atoms. The summed E-state index contributed by atoms with van der Waals surface area (Å²) in [6.07, 6.45) is 0. The molecule has 116 valence electrons. The lowest BCUT2D eigenvalue weighted by atomic mass is 10.3. The first-order chi connectivity index (χ1) is 11.0. The number of nitrogens with zero attached hydrogens (tertiary/aromatic N) is 2. The predicted molar refractivity (Wildman–Crippen MR) is 86.8 cm³/mol. The van der Waals surface area contributed by atoms with Gasteiger partial charge >= 0.3 is 5.97 Å². The van der Waals surface area contributed by atoms with Gasteiger partial charge in [0, 0.05) is 10.7 Å². The highest BCUT2D eigenvalue weighted by atomic mass is 35.5. The second-order valence-electron chi connectivity index (χ2n) is 4.87. The second kappa shape index (κ2) is 6.10. The van der Waals surface area contributed by atoms with Crippen molar-refractivity contribution < 1.29 is 14.7 Å². The van der Waals surface area contributed by atoms with Crippen LogP contribution in [-0.2, 0) is 11.3 Å². The van der Waals surface area contributed by atoms with E-state index in [1.54, 1.807) is 48.5 Å². The number of anilines is 1.